The van der Waals surface area contributed by atoms with Crippen molar-refractivity contribution in [3.8, 4) is 0 Å². The lowest BCUT2D eigenvalue weighted by atomic mass is 10.3. The fourth-order valence-electron chi connectivity index (χ4n) is 1.67. The van der Waals surface area contributed by atoms with Crippen LogP contribution < -0.4 is 5.32 Å². The molecule has 0 fully saturated rings. The lowest BCUT2D eigenvalue weighted by Gasteiger charge is -2.04. The molecule has 96 valence electrons. The maximum Gasteiger partial charge on any atom is 0.125 e. The Morgan fingerprint density at radius 1 is 1.39 bits per heavy atom. The van der Waals surface area contributed by atoms with E-state index in [1.54, 1.807) is 11.8 Å². The number of thioether (sulfide) groups is 1. The molecule has 0 aromatic carbocycles. The highest BCUT2D eigenvalue weighted by molar-refractivity contribution is 7.98. The highest BCUT2D eigenvalue weighted by Gasteiger charge is 2.03. The molecule has 0 atom stereocenters. The molecule has 18 heavy (non-hydrogen) atoms. The van der Waals surface area contributed by atoms with E-state index in [4.69, 9.17) is 0 Å². The average molecular weight is 262 g/mol. The number of anilines is 1. The molecule has 0 bridgehead atoms. The molecule has 0 aliphatic heterocycles. The molecule has 0 amide bonds. The number of nitrogens with one attached hydrogen (secondary N) is 1. The van der Waals surface area contributed by atoms with Crippen LogP contribution in [-0.2, 0) is 12.8 Å². The van der Waals surface area contributed by atoms with Crippen LogP contribution in [0.5, 0.6) is 0 Å². The Labute approximate surface area is 112 Å². The van der Waals surface area contributed by atoms with E-state index in [1.807, 2.05) is 30.9 Å². The van der Waals surface area contributed by atoms with Gasteiger partial charge < -0.3 is 5.32 Å². The molecular formula is C13H18N4S. The summed E-state index contributed by atoms with van der Waals surface area (Å²) in [6.45, 7) is 4.97. The molecule has 4 nitrogen and oxygen atoms in total. The van der Waals surface area contributed by atoms with Crippen LogP contribution in [0.4, 0.5) is 5.82 Å². The Kier molecular flexibility index (Phi) is 4.25. The first-order chi connectivity index (χ1) is 8.69. The smallest absolute Gasteiger partial charge is 0.125 e. The van der Waals surface area contributed by atoms with Gasteiger partial charge in [-0.25, -0.2) is 4.98 Å². The Balaban J connectivity index is 1.95. The van der Waals surface area contributed by atoms with Crippen molar-refractivity contribution in [2.24, 2.45) is 7.05 Å². The third kappa shape index (κ3) is 3.26. The third-order valence-corrected chi connectivity index (χ3v) is 3.68. The maximum atomic E-state index is 4.36. The van der Waals surface area contributed by atoms with E-state index in [1.165, 1.54) is 10.6 Å². The predicted octanol–water partition coefficient (Wildman–Crippen LogP) is 2.85. The molecule has 1 N–H and O–H groups in total. The molecule has 5 heteroatoms. The van der Waals surface area contributed by atoms with Crippen LogP contribution in [0.2, 0.25) is 0 Å². The molecule has 0 saturated heterocycles. The van der Waals surface area contributed by atoms with Crippen molar-refractivity contribution in [3.05, 3.63) is 35.7 Å². The topological polar surface area (TPSA) is 42.7 Å². The van der Waals surface area contributed by atoms with E-state index in [9.17, 15) is 0 Å². The SMILES string of the molecule is CCNc1ccc(CSc2cc(C)nn2C)cn1. The molecule has 2 heterocycles. The minimum atomic E-state index is 0.898. The van der Waals surface area contributed by atoms with Crippen molar-refractivity contribution in [1.82, 2.24) is 14.8 Å². The monoisotopic (exact) mass is 262 g/mol. The second-order valence-electron chi connectivity index (χ2n) is 4.12. The van der Waals surface area contributed by atoms with Crippen molar-refractivity contribution in [2.75, 3.05) is 11.9 Å². The normalized spacial score (nSPS) is 10.6. The summed E-state index contributed by atoms with van der Waals surface area (Å²) >= 11 is 1.78. The first kappa shape index (κ1) is 13.0. The highest BCUT2D eigenvalue weighted by Crippen LogP contribution is 2.22. The highest BCUT2D eigenvalue weighted by atomic mass is 32.2. The molecule has 0 saturated carbocycles. The standard InChI is InChI=1S/C13H18N4S/c1-4-14-12-6-5-11(8-15-12)9-18-13-7-10(2)16-17(13)3/h5-8H,4,9H2,1-3H3,(H,14,15). The van der Waals surface area contributed by atoms with E-state index in [2.05, 4.69) is 34.5 Å². The summed E-state index contributed by atoms with van der Waals surface area (Å²) < 4.78 is 1.92. The van der Waals surface area contributed by atoms with Crippen LogP contribution in [0.1, 0.15) is 18.2 Å². The fourth-order valence-corrected chi connectivity index (χ4v) is 2.64. The van der Waals surface area contributed by atoms with Crippen LogP contribution in [0.3, 0.4) is 0 Å². The zero-order chi connectivity index (χ0) is 13.0. The molecule has 0 radical (unpaired) electrons. The van der Waals surface area contributed by atoms with Gasteiger partial charge >= 0.3 is 0 Å². The van der Waals surface area contributed by atoms with Crippen molar-refractivity contribution < 1.29 is 0 Å². The number of pyridine rings is 1. The van der Waals surface area contributed by atoms with E-state index in [0.29, 0.717) is 0 Å². The minimum Gasteiger partial charge on any atom is -0.370 e. The zero-order valence-corrected chi connectivity index (χ0v) is 11.8. The zero-order valence-electron chi connectivity index (χ0n) is 11.0. The molecule has 0 spiro atoms. The maximum absolute atomic E-state index is 4.36. The van der Waals surface area contributed by atoms with Gasteiger partial charge in [-0.1, -0.05) is 6.07 Å². The molecule has 0 aliphatic carbocycles. The quantitative estimate of drug-likeness (QED) is 0.841. The first-order valence-electron chi connectivity index (χ1n) is 6.01. The molecule has 2 aromatic rings. The Morgan fingerprint density at radius 3 is 2.78 bits per heavy atom. The summed E-state index contributed by atoms with van der Waals surface area (Å²) in [4.78, 5) is 4.36. The average Bonchev–Trinajstić information content (AvgIpc) is 2.67. The van der Waals surface area contributed by atoms with E-state index < -0.39 is 0 Å². The summed E-state index contributed by atoms with van der Waals surface area (Å²) in [5, 5.41) is 8.70. The summed E-state index contributed by atoms with van der Waals surface area (Å²) in [5.41, 5.74) is 2.28. The summed E-state index contributed by atoms with van der Waals surface area (Å²) in [6.07, 6.45) is 1.92. The van der Waals surface area contributed by atoms with E-state index in [-0.39, 0.29) is 0 Å². The molecular weight excluding hydrogens is 244 g/mol. The molecule has 2 rings (SSSR count). The Morgan fingerprint density at radius 2 is 2.22 bits per heavy atom. The summed E-state index contributed by atoms with van der Waals surface area (Å²) in [6, 6.07) is 6.24. The second kappa shape index (κ2) is 5.91. The summed E-state index contributed by atoms with van der Waals surface area (Å²) in [7, 11) is 1.97. The Bertz CT molecular complexity index is 504. The minimum absolute atomic E-state index is 0.898. The van der Waals surface area contributed by atoms with Crippen LogP contribution in [0.25, 0.3) is 0 Å². The van der Waals surface area contributed by atoms with Gasteiger partial charge in [0.2, 0.25) is 0 Å². The number of hydrogen-bond acceptors (Lipinski definition) is 4. The van der Waals surface area contributed by atoms with Gasteiger partial charge in [0.25, 0.3) is 0 Å². The van der Waals surface area contributed by atoms with Crippen molar-refractivity contribution in [3.63, 3.8) is 0 Å². The van der Waals surface area contributed by atoms with E-state index in [0.717, 1.165) is 23.8 Å². The molecule has 0 aliphatic rings. The molecule has 0 unspecified atom stereocenters. The number of aromatic nitrogens is 3. The van der Waals surface area contributed by atoms with Crippen LogP contribution in [-0.4, -0.2) is 21.3 Å². The predicted molar refractivity (Wildman–Crippen MR) is 75.9 cm³/mol. The van der Waals surface area contributed by atoms with Gasteiger partial charge in [-0.15, -0.1) is 11.8 Å². The fraction of sp³-hybridized carbons (Fsp3) is 0.385. The van der Waals surface area contributed by atoms with Gasteiger partial charge in [-0.3, -0.25) is 4.68 Å². The number of hydrogen-bond donors (Lipinski definition) is 1. The lowest BCUT2D eigenvalue weighted by Crippen LogP contribution is -1.99. The van der Waals surface area contributed by atoms with Crippen LogP contribution >= 0.6 is 11.8 Å². The largest absolute Gasteiger partial charge is 0.370 e. The van der Waals surface area contributed by atoms with Crippen molar-refractivity contribution in [2.45, 2.75) is 24.6 Å². The third-order valence-electron chi connectivity index (χ3n) is 2.53. The van der Waals surface area contributed by atoms with Gasteiger partial charge in [0.1, 0.15) is 5.82 Å². The lowest BCUT2D eigenvalue weighted by molar-refractivity contribution is 0.692. The van der Waals surface area contributed by atoms with Crippen molar-refractivity contribution >= 4 is 17.6 Å². The van der Waals surface area contributed by atoms with Gasteiger partial charge in [-0.05, 0) is 31.5 Å². The van der Waals surface area contributed by atoms with Gasteiger partial charge in [0, 0.05) is 25.5 Å². The van der Waals surface area contributed by atoms with Gasteiger partial charge in [0.05, 0.1) is 10.7 Å². The van der Waals surface area contributed by atoms with Crippen molar-refractivity contribution in [1.29, 1.82) is 0 Å². The van der Waals surface area contributed by atoms with Gasteiger partial charge in [-0.2, -0.15) is 5.10 Å². The first-order valence-corrected chi connectivity index (χ1v) is 7.00. The van der Waals surface area contributed by atoms with Crippen LogP contribution in [0.15, 0.2) is 29.4 Å². The summed E-state index contributed by atoms with van der Waals surface area (Å²) in [5.74, 6) is 1.85. The number of aryl methyl sites for hydroxylation is 2. The number of rotatable bonds is 5. The Hall–Kier alpha value is -1.49. The van der Waals surface area contributed by atoms with Crippen LogP contribution in [0, 0.1) is 6.92 Å². The molecule has 2 aromatic heterocycles. The van der Waals surface area contributed by atoms with E-state index >= 15 is 0 Å². The number of nitrogens with zero attached hydrogens (tertiary/aromatic N) is 3. The second-order valence-corrected chi connectivity index (χ2v) is 5.11. The van der Waals surface area contributed by atoms with Gasteiger partial charge in [0.15, 0.2) is 0 Å².